The summed E-state index contributed by atoms with van der Waals surface area (Å²) < 4.78 is 5.40. The van der Waals surface area contributed by atoms with Gasteiger partial charge < -0.3 is 20.1 Å². The van der Waals surface area contributed by atoms with Crippen molar-refractivity contribution in [2.24, 2.45) is 0 Å². The van der Waals surface area contributed by atoms with Crippen molar-refractivity contribution < 1.29 is 9.84 Å². The van der Waals surface area contributed by atoms with Crippen molar-refractivity contribution in [2.45, 2.75) is 32.3 Å². The summed E-state index contributed by atoms with van der Waals surface area (Å²) in [5.41, 5.74) is 2.94. The van der Waals surface area contributed by atoms with E-state index in [1.165, 1.54) is 19.3 Å². The number of fused-ring (bicyclic) bond motifs is 1. The Bertz CT molecular complexity index is 684. The maximum absolute atomic E-state index is 10.4. The number of aromatic nitrogens is 1. The van der Waals surface area contributed by atoms with E-state index in [-0.39, 0.29) is 6.10 Å². The number of hydrogen-bond donors (Lipinski definition) is 2. The van der Waals surface area contributed by atoms with Crippen molar-refractivity contribution in [2.75, 3.05) is 38.6 Å². The first-order valence-corrected chi connectivity index (χ1v) is 8.75. The summed E-state index contributed by atoms with van der Waals surface area (Å²) in [4.78, 5) is 6.85. The molecular weight excluding hydrogens is 302 g/mol. The number of aryl methyl sites for hydroxylation is 1. The standard InChI is InChI=1S/C19H27N3O2/c1-14-11-20-19-16(7-6-8-17(19)24-2)18(14)21-12-15(23)13-22-9-4-3-5-10-22/h6-8,11,15,23H,3-5,9-10,12-13H2,1-2H3,(H,20,21)/t15-/m0/s1. The molecule has 0 saturated carbocycles. The van der Waals surface area contributed by atoms with Crippen molar-refractivity contribution in [3.8, 4) is 5.75 Å². The number of aliphatic hydroxyl groups excluding tert-OH is 1. The Kier molecular flexibility index (Phi) is 5.53. The van der Waals surface area contributed by atoms with Gasteiger partial charge in [-0.05, 0) is 44.5 Å². The second kappa shape index (κ2) is 7.81. The first-order valence-electron chi connectivity index (χ1n) is 8.75. The maximum Gasteiger partial charge on any atom is 0.145 e. The molecule has 0 unspecified atom stereocenters. The van der Waals surface area contributed by atoms with Crippen molar-refractivity contribution >= 4 is 16.6 Å². The number of pyridine rings is 1. The third-order valence-electron chi connectivity index (χ3n) is 4.70. The first-order chi connectivity index (χ1) is 11.7. The van der Waals surface area contributed by atoms with Crippen LogP contribution in [0.4, 0.5) is 5.69 Å². The number of nitrogens with zero attached hydrogens (tertiary/aromatic N) is 2. The molecule has 5 nitrogen and oxygen atoms in total. The van der Waals surface area contributed by atoms with Crippen molar-refractivity contribution in [1.29, 1.82) is 0 Å². The molecule has 0 amide bonds. The van der Waals surface area contributed by atoms with Crippen LogP contribution in [0.25, 0.3) is 10.9 Å². The topological polar surface area (TPSA) is 57.6 Å². The van der Waals surface area contributed by atoms with Gasteiger partial charge in [-0.1, -0.05) is 18.6 Å². The van der Waals surface area contributed by atoms with Crippen molar-refractivity contribution in [1.82, 2.24) is 9.88 Å². The van der Waals surface area contributed by atoms with Crippen LogP contribution in [-0.2, 0) is 0 Å². The van der Waals surface area contributed by atoms with Crippen LogP contribution < -0.4 is 10.1 Å². The van der Waals surface area contributed by atoms with E-state index in [0.29, 0.717) is 6.54 Å². The molecule has 1 fully saturated rings. The van der Waals surface area contributed by atoms with Gasteiger partial charge in [0.2, 0.25) is 0 Å². The van der Waals surface area contributed by atoms with E-state index < -0.39 is 0 Å². The predicted octanol–water partition coefficient (Wildman–Crippen LogP) is 2.81. The van der Waals surface area contributed by atoms with E-state index in [2.05, 4.69) is 15.2 Å². The summed E-state index contributed by atoms with van der Waals surface area (Å²) in [6.07, 6.45) is 5.28. The van der Waals surface area contributed by atoms with E-state index in [0.717, 1.165) is 47.5 Å². The minimum atomic E-state index is -0.378. The number of aliphatic hydroxyl groups is 1. The maximum atomic E-state index is 10.4. The molecule has 1 aliphatic heterocycles. The highest BCUT2D eigenvalue weighted by atomic mass is 16.5. The molecule has 1 aliphatic rings. The number of anilines is 1. The van der Waals surface area contributed by atoms with Crippen LogP contribution in [0.3, 0.4) is 0 Å². The van der Waals surface area contributed by atoms with Gasteiger partial charge >= 0.3 is 0 Å². The van der Waals surface area contributed by atoms with Gasteiger partial charge in [-0.3, -0.25) is 4.98 Å². The molecule has 0 aliphatic carbocycles. The lowest BCUT2D eigenvalue weighted by atomic mass is 10.1. The molecular formula is C19H27N3O2. The van der Waals surface area contributed by atoms with Crippen LogP contribution >= 0.6 is 0 Å². The fourth-order valence-corrected chi connectivity index (χ4v) is 3.42. The fourth-order valence-electron chi connectivity index (χ4n) is 3.42. The average Bonchev–Trinajstić information content (AvgIpc) is 2.61. The lowest BCUT2D eigenvalue weighted by molar-refractivity contribution is 0.110. The van der Waals surface area contributed by atoms with Gasteiger partial charge in [0.1, 0.15) is 11.3 Å². The van der Waals surface area contributed by atoms with Gasteiger partial charge in [-0.15, -0.1) is 0 Å². The van der Waals surface area contributed by atoms with Crippen LogP contribution in [0.5, 0.6) is 5.75 Å². The average molecular weight is 329 g/mol. The van der Waals surface area contributed by atoms with E-state index in [4.69, 9.17) is 4.74 Å². The Labute approximate surface area is 143 Å². The molecule has 3 rings (SSSR count). The van der Waals surface area contributed by atoms with Crippen LogP contribution in [0, 0.1) is 6.92 Å². The Morgan fingerprint density at radius 1 is 1.29 bits per heavy atom. The molecule has 1 aromatic carbocycles. The highest BCUT2D eigenvalue weighted by molar-refractivity contribution is 5.96. The van der Waals surface area contributed by atoms with Crippen molar-refractivity contribution in [3.63, 3.8) is 0 Å². The zero-order valence-electron chi connectivity index (χ0n) is 14.6. The Morgan fingerprint density at radius 3 is 2.83 bits per heavy atom. The first kappa shape index (κ1) is 17.0. The number of rotatable bonds is 6. The molecule has 0 bridgehead atoms. The number of para-hydroxylation sites is 1. The number of ether oxygens (including phenoxy) is 1. The van der Waals surface area contributed by atoms with E-state index in [1.54, 1.807) is 7.11 Å². The van der Waals surface area contributed by atoms with Crippen LogP contribution in [0.2, 0.25) is 0 Å². The highest BCUT2D eigenvalue weighted by Gasteiger charge is 2.15. The molecule has 5 heteroatoms. The quantitative estimate of drug-likeness (QED) is 0.853. The molecule has 0 radical (unpaired) electrons. The normalized spacial score (nSPS) is 17.0. The summed E-state index contributed by atoms with van der Waals surface area (Å²) in [7, 11) is 1.66. The second-order valence-corrected chi connectivity index (χ2v) is 6.57. The second-order valence-electron chi connectivity index (χ2n) is 6.57. The van der Waals surface area contributed by atoms with Gasteiger partial charge in [0.15, 0.2) is 0 Å². The molecule has 130 valence electrons. The number of hydrogen-bond acceptors (Lipinski definition) is 5. The molecule has 1 saturated heterocycles. The lowest BCUT2D eigenvalue weighted by Crippen LogP contribution is -2.39. The van der Waals surface area contributed by atoms with Crippen LogP contribution in [-0.4, -0.2) is 54.4 Å². The Morgan fingerprint density at radius 2 is 2.08 bits per heavy atom. The summed E-state index contributed by atoms with van der Waals surface area (Å²) in [5, 5.41) is 14.8. The molecule has 2 heterocycles. The van der Waals surface area contributed by atoms with Crippen LogP contribution in [0.15, 0.2) is 24.4 Å². The monoisotopic (exact) mass is 329 g/mol. The zero-order chi connectivity index (χ0) is 16.9. The van der Waals surface area contributed by atoms with E-state index in [1.807, 2.05) is 31.3 Å². The van der Waals surface area contributed by atoms with Gasteiger partial charge in [0, 0.05) is 30.4 Å². The number of benzene rings is 1. The van der Waals surface area contributed by atoms with Gasteiger partial charge in [0.25, 0.3) is 0 Å². The van der Waals surface area contributed by atoms with Gasteiger partial charge in [-0.2, -0.15) is 0 Å². The molecule has 2 N–H and O–H groups in total. The Balaban J connectivity index is 1.71. The number of piperidine rings is 1. The van der Waals surface area contributed by atoms with Crippen molar-refractivity contribution in [3.05, 3.63) is 30.0 Å². The third kappa shape index (κ3) is 3.79. The van der Waals surface area contributed by atoms with E-state index >= 15 is 0 Å². The molecule has 0 spiro atoms. The van der Waals surface area contributed by atoms with Crippen LogP contribution in [0.1, 0.15) is 24.8 Å². The number of methoxy groups -OCH3 is 1. The summed E-state index contributed by atoms with van der Waals surface area (Å²) in [5.74, 6) is 0.768. The number of nitrogens with one attached hydrogen (secondary N) is 1. The summed E-state index contributed by atoms with van der Waals surface area (Å²) in [6, 6.07) is 5.93. The molecule has 1 aromatic heterocycles. The fraction of sp³-hybridized carbons (Fsp3) is 0.526. The molecule has 1 atom stereocenters. The smallest absolute Gasteiger partial charge is 0.145 e. The minimum Gasteiger partial charge on any atom is -0.494 e. The van der Waals surface area contributed by atoms with E-state index in [9.17, 15) is 5.11 Å². The lowest BCUT2D eigenvalue weighted by Gasteiger charge is -2.28. The third-order valence-corrected chi connectivity index (χ3v) is 4.70. The summed E-state index contributed by atoms with van der Waals surface area (Å²) in [6.45, 7) is 5.51. The zero-order valence-corrected chi connectivity index (χ0v) is 14.6. The highest BCUT2D eigenvalue weighted by Crippen LogP contribution is 2.31. The minimum absolute atomic E-state index is 0.378. The van der Waals surface area contributed by atoms with Gasteiger partial charge in [0.05, 0.1) is 13.2 Å². The SMILES string of the molecule is COc1cccc2c(NC[C@H](O)CN3CCCCC3)c(C)cnc12. The summed E-state index contributed by atoms with van der Waals surface area (Å²) >= 11 is 0. The predicted molar refractivity (Wildman–Crippen MR) is 97.8 cm³/mol. The largest absolute Gasteiger partial charge is 0.494 e. The Hall–Kier alpha value is -1.85. The number of β-amino-alcohol motifs (C(OH)–C–C–N with tert-alkyl or cyclic N) is 1. The van der Waals surface area contributed by atoms with Gasteiger partial charge in [-0.25, -0.2) is 0 Å². The number of likely N-dealkylation sites (tertiary alicyclic amines) is 1. The molecule has 2 aromatic rings. The molecule has 24 heavy (non-hydrogen) atoms.